The Bertz CT molecular complexity index is 1160. The summed E-state index contributed by atoms with van der Waals surface area (Å²) in [5, 5.41) is 23.4. The molecule has 0 fully saturated rings. The Hall–Kier alpha value is -1.40. The van der Waals surface area contributed by atoms with Gasteiger partial charge in [0.2, 0.25) is 5.91 Å². The van der Waals surface area contributed by atoms with E-state index >= 15 is 0 Å². The van der Waals surface area contributed by atoms with Crippen molar-refractivity contribution >= 4 is 11.9 Å². The molecule has 0 aliphatic carbocycles. The molecule has 0 saturated heterocycles. The molecule has 6 nitrogen and oxygen atoms in total. The molecule has 1 amide bonds. The minimum Gasteiger partial charge on any atom is -0.466 e. The summed E-state index contributed by atoms with van der Waals surface area (Å²) in [6.07, 6.45) is 82.5. The van der Waals surface area contributed by atoms with Crippen molar-refractivity contribution < 1.29 is 24.5 Å². The van der Waals surface area contributed by atoms with Crippen LogP contribution in [0.1, 0.15) is 406 Å². The molecule has 0 rings (SSSR count). The molecule has 77 heavy (non-hydrogen) atoms. The van der Waals surface area contributed by atoms with Gasteiger partial charge < -0.3 is 20.3 Å². The summed E-state index contributed by atoms with van der Waals surface area (Å²) >= 11 is 0. The first-order valence-electron chi connectivity index (χ1n) is 35.4. The summed E-state index contributed by atoms with van der Waals surface area (Å²) in [7, 11) is 0. The molecule has 2 atom stereocenters. The Morgan fingerprint density at radius 3 is 0.922 bits per heavy atom. The molecule has 0 bridgehead atoms. The van der Waals surface area contributed by atoms with Crippen LogP contribution in [0.5, 0.6) is 0 Å². The molecule has 0 saturated carbocycles. The molecule has 0 aromatic carbocycles. The lowest BCUT2D eigenvalue weighted by Crippen LogP contribution is -2.45. The van der Waals surface area contributed by atoms with Gasteiger partial charge in [0.1, 0.15) is 0 Å². The number of esters is 1. The Morgan fingerprint density at radius 1 is 0.351 bits per heavy atom. The van der Waals surface area contributed by atoms with Crippen LogP contribution in [0.15, 0.2) is 12.2 Å². The number of carbonyl (C=O) groups is 2. The number of aliphatic hydroxyl groups excluding tert-OH is 2. The van der Waals surface area contributed by atoms with Gasteiger partial charge in [0.05, 0.1) is 25.4 Å². The Kier molecular flexibility index (Phi) is 65.9. The molecular formula is C71H139NO5. The quantitative estimate of drug-likeness (QED) is 0.0320. The van der Waals surface area contributed by atoms with Gasteiger partial charge in [-0.2, -0.15) is 0 Å². The first-order valence-corrected chi connectivity index (χ1v) is 35.4. The van der Waals surface area contributed by atoms with Crippen molar-refractivity contribution in [3.05, 3.63) is 12.2 Å². The molecule has 0 aromatic heterocycles. The van der Waals surface area contributed by atoms with Gasteiger partial charge in [0.25, 0.3) is 0 Å². The van der Waals surface area contributed by atoms with Gasteiger partial charge in [-0.15, -0.1) is 0 Å². The third-order valence-electron chi connectivity index (χ3n) is 16.8. The highest BCUT2D eigenvalue weighted by Gasteiger charge is 2.20. The van der Waals surface area contributed by atoms with Crippen LogP contribution in [0.2, 0.25) is 0 Å². The number of ether oxygens (including phenoxy) is 1. The number of carbonyl (C=O) groups excluding carboxylic acids is 2. The average Bonchev–Trinajstić information content (AvgIpc) is 3.43. The Labute approximate surface area is 482 Å². The standard InChI is InChI=1S/C71H139NO5/c1-3-5-7-9-11-13-15-17-19-20-21-22-26-29-32-36-39-43-47-51-55-59-63-69(74)68(67-73)72-70(75)64-60-56-52-48-44-40-37-33-30-27-24-23-25-28-31-34-38-42-46-50-54-58-62-66-77-71(76)65-61-57-53-49-45-41-35-18-16-14-12-10-8-6-4-2/h27,30,68-69,73-74H,3-26,28-29,31-67H2,1-2H3,(H,72,75)/b30-27-. The van der Waals surface area contributed by atoms with Gasteiger partial charge in [-0.25, -0.2) is 0 Å². The van der Waals surface area contributed by atoms with E-state index in [4.69, 9.17) is 4.74 Å². The van der Waals surface area contributed by atoms with Gasteiger partial charge in [0, 0.05) is 12.8 Å². The minimum absolute atomic E-state index is 0.0156. The largest absolute Gasteiger partial charge is 0.466 e. The SMILES string of the molecule is CCCCCCCCCCCCCCCCCCCCCCCCC(O)C(CO)NC(=O)CCCCCCCCC/C=C\CCCCCCCCCCCCCCOC(=O)CCCCCCCCCCCCCCCCC. The van der Waals surface area contributed by atoms with Gasteiger partial charge in [0.15, 0.2) is 0 Å². The number of amides is 1. The second kappa shape index (κ2) is 67.1. The summed E-state index contributed by atoms with van der Waals surface area (Å²) in [5.41, 5.74) is 0. The van der Waals surface area contributed by atoms with Crippen LogP contribution in [-0.2, 0) is 14.3 Å². The van der Waals surface area contributed by atoms with Gasteiger partial charge in [-0.05, 0) is 51.4 Å². The predicted molar refractivity (Wildman–Crippen MR) is 338 cm³/mol. The molecule has 3 N–H and O–H groups in total. The molecule has 0 spiro atoms. The lowest BCUT2D eigenvalue weighted by molar-refractivity contribution is -0.143. The van der Waals surface area contributed by atoms with Crippen molar-refractivity contribution in [2.45, 2.75) is 418 Å². The van der Waals surface area contributed by atoms with E-state index in [9.17, 15) is 19.8 Å². The zero-order valence-corrected chi connectivity index (χ0v) is 52.5. The predicted octanol–water partition coefficient (Wildman–Crippen LogP) is 22.8. The second-order valence-corrected chi connectivity index (χ2v) is 24.6. The minimum atomic E-state index is -0.669. The van der Waals surface area contributed by atoms with Crippen molar-refractivity contribution in [2.75, 3.05) is 13.2 Å². The highest BCUT2D eigenvalue weighted by Crippen LogP contribution is 2.19. The van der Waals surface area contributed by atoms with E-state index in [0.717, 1.165) is 38.5 Å². The number of allylic oxidation sites excluding steroid dienone is 2. The molecule has 0 aromatic rings. The number of aliphatic hydroxyl groups is 2. The van der Waals surface area contributed by atoms with E-state index in [2.05, 4.69) is 31.3 Å². The maximum absolute atomic E-state index is 12.5. The van der Waals surface area contributed by atoms with Crippen LogP contribution in [0.4, 0.5) is 0 Å². The number of hydrogen-bond donors (Lipinski definition) is 3. The normalized spacial score (nSPS) is 12.5. The highest BCUT2D eigenvalue weighted by molar-refractivity contribution is 5.76. The fraction of sp³-hybridized carbons (Fsp3) is 0.944. The monoisotopic (exact) mass is 1090 g/mol. The molecule has 0 radical (unpaired) electrons. The van der Waals surface area contributed by atoms with Crippen molar-refractivity contribution in [3.8, 4) is 0 Å². The van der Waals surface area contributed by atoms with Crippen molar-refractivity contribution in [3.63, 3.8) is 0 Å². The lowest BCUT2D eigenvalue weighted by Gasteiger charge is -2.22. The van der Waals surface area contributed by atoms with Gasteiger partial charge in [-0.3, -0.25) is 9.59 Å². The highest BCUT2D eigenvalue weighted by atomic mass is 16.5. The maximum atomic E-state index is 12.5. The van der Waals surface area contributed by atoms with E-state index in [-0.39, 0.29) is 18.5 Å². The van der Waals surface area contributed by atoms with E-state index in [1.165, 1.54) is 334 Å². The Balaban J connectivity index is 3.40. The summed E-state index contributed by atoms with van der Waals surface area (Å²) in [4.78, 5) is 24.6. The van der Waals surface area contributed by atoms with Gasteiger partial charge in [-0.1, -0.05) is 353 Å². The fourth-order valence-corrected chi connectivity index (χ4v) is 11.4. The molecule has 458 valence electrons. The summed E-state index contributed by atoms with van der Waals surface area (Å²) < 4.78 is 5.50. The molecule has 0 aliphatic heterocycles. The summed E-state index contributed by atoms with van der Waals surface area (Å²) in [5.74, 6) is -0.0207. The topological polar surface area (TPSA) is 95.9 Å². The van der Waals surface area contributed by atoms with Crippen molar-refractivity contribution in [1.82, 2.24) is 5.32 Å². The van der Waals surface area contributed by atoms with Crippen LogP contribution in [0.25, 0.3) is 0 Å². The van der Waals surface area contributed by atoms with Crippen LogP contribution in [0, 0.1) is 0 Å². The zero-order valence-electron chi connectivity index (χ0n) is 52.5. The van der Waals surface area contributed by atoms with Crippen LogP contribution >= 0.6 is 0 Å². The maximum Gasteiger partial charge on any atom is 0.305 e. The third-order valence-corrected chi connectivity index (χ3v) is 16.8. The van der Waals surface area contributed by atoms with E-state index in [1.807, 2.05) is 0 Å². The second-order valence-electron chi connectivity index (χ2n) is 24.6. The van der Waals surface area contributed by atoms with Crippen molar-refractivity contribution in [2.24, 2.45) is 0 Å². The number of unbranched alkanes of at least 4 members (excludes halogenated alkanes) is 54. The van der Waals surface area contributed by atoms with Crippen LogP contribution in [-0.4, -0.2) is 47.4 Å². The summed E-state index contributed by atoms with van der Waals surface area (Å²) in [6.45, 7) is 5.00. The average molecular weight is 1090 g/mol. The van der Waals surface area contributed by atoms with E-state index < -0.39 is 12.1 Å². The molecule has 6 heteroatoms. The third kappa shape index (κ3) is 63.6. The first-order chi connectivity index (χ1) is 38.0. The van der Waals surface area contributed by atoms with E-state index in [0.29, 0.717) is 25.9 Å². The first kappa shape index (κ1) is 75.6. The fourth-order valence-electron chi connectivity index (χ4n) is 11.4. The van der Waals surface area contributed by atoms with Crippen molar-refractivity contribution in [1.29, 1.82) is 0 Å². The zero-order chi connectivity index (χ0) is 55.7. The summed E-state index contributed by atoms with van der Waals surface area (Å²) in [6, 6.07) is -0.547. The smallest absolute Gasteiger partial charge is 0.305 e. The Morgan fingerprint density at radius 2 is 0.610 bits per heavy atom. The molecule has 0 aliphatic rings. The van der Waals surface area contributed by atoms with Gasteiger partial charge >= 0.3 is 5.97 Å². The molecule has 0 heterocycles. The van der Waals surface area contributed by atoms with E-state index in [1.54, 1.807) is 0 Å². The number of hydrogen-bond acceptors (Lipinski definition) is 5. The number of rotatable bonds is 67. The number of nitrogens with one attached hydrogen (secondary N) is 1. The molecular weight excluding hydrogens is 947 g/mol. The lowest BCUT2D eigenvalue weighted by atomic mass is 10.0. The van der Waals surface area contributed by atoms with Crippen LogP contribution in [0.3, 0.4) is 0 Å². The van der Waals surface area contributed by atoms with Crippen LogP contribution < -0.4 is 5.32 Å². The molecule has 2 unspecified atom stereocenters.